The number of hydrogen-bond acceptors (Lipinski definition) is 3. The number of likely N-dealkylation sites (tertiary alicyclic amines) is 1. The van der Waals surface area contributed by atoms with Crippen molar-refractivity contribution in [2.24, 2.45) is 5.92 Å². The molecule has 15 heavy (non-hydrogen) atoms. The van der Waals surface area contributed by atoms with Gasteiger partial charge in [-0.25, -0.2) is 0 Å². The van der Waals surface area contributed by atoms with Crippen LogP contribution in [0.1, 0.15) is 33.1 Å². The van der Waals surface area contributed by atoms with Crippen molar-refractivity contribution >= 4 is 0 Å². The number of nitrogens with zero attached hydrogens (tertiary/aromatic N) is 1. The molecule has 1 aliphatic rings. The fraction of sp³-hybridized carbons (Fsp3) is 1.00. The molecule has 0 radical (unpaired) electrons. The minimum atomic E-state index is -0.501. The van der Waals surface area contributed by atoms with Crippen LogP contribution in [0.3, 0.4) is 0 Å². The fourth-order valence-corrected chi connectivity index (χ4v) is 2.30. The zero-order chi connectivity index (χ0) is 11.3. The molecular weight excluding hydrogens is 190 g/mol. The lowest BCUT2D eigenvalue weighted by atomic mass is 9.83. The molecule has 0 spiro atoms. The number of piperidine rings is 1. The van der Waals surface area contributed by atoms with Gasteiger partial charge in [0.25, 0.3) is 0 Å². The Morgan fingerprint density at radius 3 is 2.40 bits per heavy atom. The first-order chi connectivity index (χ1) is 7.04. The molecule has 0 saturated carbocycles. The summed E-state index contributed by atoms with van der Waals surface area (Å²) < 4.78 is 5.04. The molecule has 0 bridgehead atoms. The van der Waals surface area contributed by atoms with Crippen LogP contribution in [-0.2, 0) is 4.74 Å². The van der Waals surface area contributed by atoms with Gasteiger partial charge in [0.15, 0.2) is 0 Å². The average molecular weight is 215 g/mol. The van der Waals surface area contributed by atoms with Crippen LogP contribution in [0.2, 0.25) is 0 Å². The van der Waals surface area contributed by atoms with E-state index in [-0.39, 0.29) is 0 Å². The summed E-state index contributed by atoms with van der Waals surface area (Å²) in [5, 5.41) is 9.90. The van der Waals surface area contributed by atoms with E-state index in [0.29, 0.717) is 5.92 Å². The van der Waals surface area contributed by atoms with E-state index < -0.39 is 5.60 Å². The Labute approximate surface area is 93.4 Å². The molecule has 0 aromatic rings. The van der Waals surface area contributed by atoms with E-state index in [1.807, 2.05) is 13.8 Å². The van der Waals surface area contributed by atoms with Crippen molar-refractivity contribution < 1.29 is 9.84 Å². The first kappa shape index (κ1) is 12.9. The summed E-state index contributed by atoms with van der Waals surface area (Å²) in [6.45, 7) is 8.09. The Balaban J connectivity index is 2.18. The van der Waals surface area contributed by atoms with Crippen LogP contribution >= 0.6 is 0 Å². The third-order valence-corrected chi connectivity index (χ3v) is 3.41. The van der Waals surface area contributed by atoms with E-state index in [9.17, 15) is 5.11 Å². The van der Waals surface area contributed by atoms with Crippen molar-refractivity contribution in [2.75, 3.05) is 33.4 Å². The Kier molecular flexibility index (Phi) is 5.03. The van der Waals surface area contributed by atoms with E-state index in [1.165, 1.54) is 0 Å². The summed E-state index contributed by atoms with van der Waals surface area (Å²) in [4.78, 5) is 2.47. The van der Waals surface area contributed by atoms with Gasteiger partial charge in [-0.3, -0.25) is 0 Å². The van der Waals surface area contributed by atoms with Crippen LogP contribution in [0.4, 0.5) is 0 Å². The second-order valence-electron chi connectivity index (χ2n) is 5.12. The third-order valence-electron chi connectivity index (χ3n) is 3.41. The molecule has 90 valence electrons. The van der Waals surface area contributed by atoms with Crippen molar-refractivity contribution in [3.63, 3.8) is 0 Å². The van der Waals surface area contributed by atoms with Crippen LogP contribution < -0.4 is 0 Å². The van der Waals surface area contributed by atoms with Crippen molar-refractivity contribution in [1.29, 1.82) is 0 Å². The lowest BCUT2D eigenvalue weighted by Crippen LogP contribution is -2.42. The lowest BCUT2D eigenvalue weighted by molar-refractivity contribution is -0.0132. The second kappa shape index (κ2) is 5.83. The minimum Gasteiger partial charge on any atom is -0.390 e. The topological polar surface area (TPSA) is 32.7 Å². The molecular formula is C12H25NO2. The predicted molar refractivity (Wildman–Crippen MR) is 62.0 cm³/mol. The highest BCUT2D eigenvalue weighted by molar-refractivity contribution is 4.82. The molecule has 1 heterocycles. The first-order valence-electron chi connectivity index (χ1n) is 5.97. The normalized spacial score (nSPS) is 20.8. The maximum atomic E-state index is 9.90. The Morgan fingerprint density at radius 1 is 1.33 bits per heavy atom. The quantitative estimate of drug-likeness (QED) is 0.706. The third kappa shape index (κ3) is 4.49. The van der Waals surface area contributed by atoms with Gasteiger partial charge in [0.2, 0.25) is 0 Å². The van der Waals surface area contributed by atoms with Gasteiger partial charge in [0, 0.05) is 20.3 Å². The predicted octanol–water partition coefficient (Wildman–Crippen LogP) is 1.51. The fourth-order valence-electron chi connectivity index (χ4n) is 2.30. The van der Waals surface area contributed by atoms with Gasteiger partial charge in [0.1, 0.15) is 0 Å². The molecule has 0 aliphatic carbocycles. The van der Waals surface area contributed by atoms with Gasteiger partial charge in [0.05, 0.1) is 5.60 Å². The zero-order valence-corrected chi connectivity index (χ0v) is 10.3. The molecule has 1 aliphatic heterocycles. The summed E-state index contributed by atoms with van der Waals surface area (Å²) in [5.41, 5.74) is -0.501. The van der Waals surface area contributed by atoms with Crippen molar-refractivity contribution in [3.8, 4) is 0 Å². The van der Waals surface area contributed by atoms with E-state index in [2.05, 4.69) is 4.90 Å². The second-order valence-corrected chi connectivity index (χ2v) is 5.12. The molecule has 1 saturated heterocycles. The zero-order valence-electron chi connectivity index (χ0n) is 10.3. The molecule has 3 nitrogen and oxygen atoms in total. The monoisotopic (exact) mass is 215 g/mol. The maximum Gasteiger partial charge on any atom is 0.0620 e. The Hall–Kier alpha value is -0.120. The van der Waals surface area contributed by atoms with Crippen molar-refractivity contribution in [3.05, 3.63) is 0 Å². The van der Waals surface area contributed by atoms with E-state index in [4.69, 9.17) is 4.74 Å². The van der Waals surface area contributed by atoms with Gasteiger partial charge in [-0.05, 0) is 52.1 Å². The smallest absolute Gasteiger partial charge is 0.0620 e. The number of rotatable bonds is 5. The summed E-state index contributed by atoms with van der Waals surface area (Å²) in [6.07, 6.45) is 3.36. The van der Waals surface area contributed by atoms with E-state index in [0.717, 1.165) is 45.5 Å². The highest BCUT2D eigenvalue weighted by Gasteiger charge is 2.30. The molecule has 0 amide bonds. The standard InChI is InChI=1S/C12H25NO2/c1-12(2,14)11-5-8-13(9-6-11)7-4-10-15-3/h11,14H,4-10H2,1-3H3. The Bertz CT molecular complexity index is 169. The summed E-state index contributed by atoms with van der Waals surface area (Å²) in [5.74, 6) is 0.469. The first-order valence-corrected chi connectivity index (χ1v) is 5.97. The molecule has 0 aromatic carbocycles. The largest absolute Gasteiger partial charge is 0.390 e. The summed E-state index contributed by atoms with van der Waals surface area (Å²) in [6, 6.07) is 0. The highest BCUT2D eigenvalue weighted by atomic mass is 16.5. The molecule has 1 N–H and O–H groups in total. The summed E-state index contributed by atoms with van der Waals surface area (Å²) >= 11 is 0. The van der Waals surface area contributed by atoms with Gasteiger partial charge in [-0.2, -0.15) is 0 Å². The molecule has 1 rings (SSSR count). The van der Waals surface area contributed by atoms with Crippen LogP contribution in [-0.4, -0.2) is 49.0 Å². The number of aliphatic hydroxyl groups is 1. The van der Waals surface area contributed by atoms with E-state index in [1.54, 1.807) is 7.11 Å². The number of ether oxygens (including phenoxy) is 1. The molecule has 0 unspecified atom stereocenters. The molecule has 0 atom stereocenters. The summed E-state index contributed by atoms with van der Waals surface area (Å²) in [7, 11) is 1.75. The Morgan fingerprint density at radius 2 is 1.93 bits per heavy atom. The van der Waals surface area contributed by atoms with Gasteiger partial charge in [-0.1, -0.05) is 0 Å². The van der Waals surface area contributed by atoms with Crippen molar-refractivity contribution in [2.45, 2.75) is 38.7 Å². The minimum absolute atomic E-state index is 0.469. The van der Waals surface area contributed by atoms with E-state index >= 15 is 0 Å². The maximum absolute atomic E-state index is 9.90. The average Bonchev–Trinajstić information content (AvgIpc) is 2.18. The lowest BCUT2D eigenvalue weighted by Gasteiger charge is -2.37. The molecule has 1 fully saturated rings. The van der Waals surface area contributed by atoms with Crippen molar-refractivity contribution in [1.82, 2.24) is 4.90 Å². The van der Waals surface area contributed by atoms with Gasteiger partial charge >= 0.3 is 0 Å². The number of methoxy groups -OCH3 is 1. The van der Waals surface area contributed by atoms with Crippen LogP contribution in [0, 0.1) is 5.92 Å². The van der Waals surface area contributed by atoms with Crippen LogP contribution in [0.5, 0.6) is 0 Å². The SMILES string of the molecule is COCCCN1CCC(C(C)(C)O)CC1. The van der Waals surface area contributed by atoms with Gasteiger partial charge in [-0.15, -0.1) is 0 Å². The highest BCUT2D eigenvalue weighted by Crippen LogP contribution is 2.27. The number of hydrogen-bond donors (Lipinski definition) is 1. The van der Waals surface area contributed by atoms with Crippen LogP contribution in [0.15, 0.2) is 0 Å². The molecule has 3 heteroatoms. The molecule has 0 aromatic heterocycles. The van der Waals surface area contributed by atoms with Gasteiger partial charge < -0.3 is 14.7 Å². The van der Waals surface area contributed by atoms with Crippen LogP contribution in [0.25, 0.3) is 0 Å².